The maximum Gasteiger partial charge on any atom is 0.286 e. The Morgan fingerprint density at radius 2 is 2.11 bits per heavy atom. The van der Waals surface area contributed by atoms with Crippen molar-refractivity contribution in [2.45, 2.75) is 56.8 Å². The molecule has 1 atom stereocenters. The van der Waals surface area contributed by atoms with Gasteiger partial charge in [0.15, 0.2) is 0 Å². The maximum atomic E-state index is 12.3. The summed E-state index contributed by atoms with van der Waals surface area (Å²) in [6.07, 6.45) is 8.79. The first-order chi connectivity index (χ1) is 12.9. The number of hydrogen-bond donors (Lipinski definition) is 2. The standard InChI is InChI=1S/C20H27N3O3S/c1-15(14-20(24)21-12-11-16-7-3-2-4-8-16)13-19-22-17-9-5-6-10-18(17)27(25,26)23-19/h5-7,9-10,15H,2-4,8,11-14H2,1H3,(H,21,24)(H,22,23)/t15-/m1/s1. The average Bonchev–Trinajstić information content (AvgIpc) is 2.62. The van der Waals surface area contributed by atoms with Crippen LogP contribution in [0.25, 0.3) is 0 Å². The molecule has 2 N–H and O–H groups in total. The van der Waals surface area contributed by atoms with Gasteiger partial charge in [0.1, 0.15) is 10.7 Å². The average molecular weight is 390 g/mol. The van der Waals surface area contributed by atoms with Crippen molar-refractivity contribution in [3.63, 3.8) is 0 Å². The van der Waals surface area contributed by atoms with Gasteiger partial charge in [-0.05, 0) is 50.2 Å². The Bertz CT molecular complexity index is 859. The smallest absolute Gasteiger partial charge is 0.286 e. The van der Waals surface area contributed by atoms with Crippen LogP contribution in [0.5, 0.6) is 0 Å². The van der Waals surface area contributed by atoms with Crippen LogP contribution in [0, 0.1) is 5.92 Å². The summed E-state index contributed by atoms with van der Waals surface area (Å²) in [6.45, 7) is 2.60. The Kier molecular flexibility index (Phi) is 6.31. The minimum absolute atomic E-state index is 0.00132. The molecule has 1 aromatic rings. The molecular weight excluding hydrogens is 362 g/mol. The summed E-state index contributed by atoms with van der Waals surface area (Å²) in [4.78, 5) is 12.3. The van der Waals surface area contributed by atoms with Crippen LogP contribution < -0.4 is 10.6 Å². The molecule has 0 spiro atoms. The zero-order chi connectivity index (χ0) is 19.3. The van der Waals surface area contributed by atoms with Gasteiger partial charge in [-0.3, -0.25) is 4.79 Å². The van der Waals surface area contributed by atoms with Crippen LogP contribution in [-0.2, 0) is 14.8 Å². The predicted octanol–water partition coefficient (Wildman–Crippen LogP) is 3.62. The lowest BCUT2D eigenvalue weighted by Gasteiger charge is -2.20. The molecule has 0 fully saturated rings. The van der Waals surface area contributed by atoms with Gasteiger partial charge in [0, 0.05) is 19.4 Å². The molecule has 146 valence electrons. The highest BCUT2D eigenvalue weighted by atomic mass is 32.2. The van der Waals surface area contributed by atoms with Gasteiger partial charge in [0.05, 0.1) is 5.69 Å². The summed E-state index contributed by atoms with van der Waals surface area (Å²) < 4.78 is 28.4. The molecule has 1 aliphatic heterocycles. The summed E-state index contributed by atoms with van der Waals surface area (Å²) in [5.41, 5.74) is 1.99. The van der Waals surface area contributed by atoms with E-state index >= 15 is 0 Å². The molecule has 0 unspecified atom stereocenters. The predicted molar refractivity (Wildman–Crippen MR) is 107 cm³/mol. The minimum atomic E-state index is -3.67. The third-order valence-corrected chi connectivity index (χ3v) is 6.28. The van der Waals surface area contributed by atoms with E-state index < -0.39 is 10.0 Å². The number of fused-ring (bicyclic) bond motifs is 1. The van der Waals surface area contributed by atoms with Crippen LogP contribution in [-0.4, -0.2) is 26.7 Å². The lowest BCUT2D eigenvalue weighted by Crippen LogP contribution is -2.28. The molecule has 27 heavy (non-hydrogen) atoms. The van der Waals surface area contributed by atoms with Crippen LogP contribution in [0.4, 0.5) is 5.69 Å². The van der Waals surface area contributed by atoms with Gasteiger partial charge in [-0.15, -0.1) is 4.40 Å². The Morgan fingerprint density at radius 3 is 2.89 bits per heavy atom. The van der Waals surface area contributed by atoms with Crippen molar-refractivity contribution in [3.05, 3.63) is 35.9 Å². The molecule has 1 aliphatic carbocycles. The first kappa shape index (κ1) is 19.6. The molecular formula is C20H27N3O3S. The second-order valence-electron chi connectivity index (χ2n) is 7.36. The summed E-state index contributed by atoms with van der Waals surface area (Å²) in [7, 11) is -3.67. The molecule has 7 heteroatoms. The quantitative estimate of drug-likeness (QED) is 0.697. The van der Waals surface area contributed by atoms with Crippen molar-refractivity contribution in [1.29, 1.82) is 0 Å². The molecule has 3 rings (SSSR count). The van der Waals surface area contributed by atoms with E-state index in [1.807, 2.05) is 6.92 Å². The van der Waals surface area contributed by atoms with Crippen molar-refractivity contribution < 1.29 is 13.2 Å². The van der Waals surface area contributed by atoms with Crippen LogP contribution >= 0.6 is 0 Å². The Balaban J connectivity index is 1.48. The largest absolute Gasteiger partial charge is 0.356 e. The summed E-state index contributed by atoms with van der Waals surface area (Å²) in [5.74, 6) is 0.380. The second kappa shape index (κ2) is 8.69. The molecule has 1 heterocycles. The van der Waals surface area contributed by atoms with E-state index in [0.717, 1.165) is 19.3 Å². The molecule has 0 aromatic heterocycles. The van der Waals surface area contributed by atoms with Crippen LogP contribution in [0.15, 0.2) is 45.2 Å². The lowest BCUT2D eigenvalue weighted by atomic mass is 9.97. The fourth-order valence-corrected chi connectivity index (χ4v) is 4.70. The Labute approximate surface area is 161 Å². The lowest BCUT2D eigenvalue weighted by molar-refractivity contribution is -0.121. The van der Waals surface area contributed by atoms with E-state index in [4.69, 9.17) is 0 Å². The highest BCUT2D eigenvalue weighted by Crippen LogP contribution is 2.28. The molecule has 0 bridgehead atoms. The SMILES string of the molecule is C[C@@H](CC(=O)NCCC1=CCCCC1)CC1=NS(=O)(=O)c2ccccc2N1. The molecule has 0 saturated heterocycles. The third kappa shape index (κ3) is 5.42. The molecule has 0 saturated carbocycles. The van der Waals surface area contributed by atoms with Crippen molar-refractivity contribution in [2.24, 2.45) is 10.3 Å². The number of allylic oxidation sites excluding steroid dienone is 1. The van der Waals surface area contributed by atoms with Crippen molar-refractivity contribution in [1.82, 2.24) is 5.32 Å². The number of benzene rings is 1. The summed E-state index contributed by atoms with van der Waals surface area (Å²) in [6, 6.07) is 6.72. The van der Waals surface area contributed by atoms with E-state index in [1.165, 1.54) is 24.5 Å². The van der Waals surface area contributed by atoms with Gasteiger partial charge in [-0.1, -0.05) is 30.7 Å². The Morgan fingerprint density at radius 1 is 1.30 bits per heavy atom. The maximum absolute atomic E-state index is 12.3. The van der Waals surface area contributed by atoms with Crippen LogP contribution in [0.1, 0.15) is 51.9 Å². The number of hydrogen-bond acceptors (Lipinski definition) is 4. The van der Waals surface area contributed by atoms with Crippen molar-refractivity contribution >= 4 is 27.5 Å². The van der Waals surface area contributed by atoms with Gasteiger partial charge in [-0.25, -0.2) is 0 Å². The number of para-hydroxylation sites is 1. The first-order valence-electron chi connectivity index (χ1n) is 9.58. The Hall–Kier alpha value is -2.15. The highest BCUT2D eigenvalue weighted by molar-refractivity contribution is 7.90. The normalized spacial score (nSPS) is 19.1. The van der Waals surface area contributed by atoms with Crippen LogP contribution in [0.2, 0.25) is 0 Å². The highest BCUT2D eigenvalue weighted by Gasteiger charge is 2.25. The number of anilines is 1. The second-order valence-corrected chi connectivity index (χ2v) is 8.93. The van der Waals surface area contributed by atoms with E-state index in [-0.39, 0.29) is 16.7 Å². The molecule has 0 radical (unpaired) electrons. The number of amides is 1. The van der Waals surface area contributed by atoms with E-state index in [9.17, 15) is 13.2 Å². The number of carbonyl (C=O) groups is 1. The molecule has 2 aliphatic rings. The van der Waals surface area contributed by atoms with Crippen molar-refractivity contribution in [2.75, 3.05) is 11.9 Å². The van der Waals surface area contributed by atoms with Gasteiger partial charge in [0.25, 0.3) is 10.0 Å². The van der Waals surface area contributed by atoms with Gasteiger partial charge >= 0.3 is 0 Å². The van der Waals surface area contributed by atoms with E-state index in [0.29, 0.717) is 30.9 Å². The monoisotopic (exact) mass is 389 g/mol. The van der Waals surface area contributed by atoms with Gasteiger partial charge in [0.2, 0.25) is 5.91 Å². The van der Waals surface area contributed by atoms with Gasteiger partial charge in [-0.2, -0.15) is 8.42 Å². The van der Waals surface area contributed by atoms with E-state index in [1.54, 1.807) is 18.2 Å². The van der Waals surface area contributed by atoms with Gasteiger partial charge < -0.3 is 10.6 Å². The number of amidine groups is 1. The topological polar surface area (TPSA) is 87.6 Å². The number of nitrogens with one attached hydrogen (secondary N) is 2. The number of nitrogens with zero attached hydrogens (tertiary/aromatic N) is 1. The fraction of sp³-hybridized carbons (Fsp3) is 0.500. The minimum Gasteiger partial charge on any atom is -0.356 e. The molecule has 6 nitrogen and oxygen atoms in total. The fourth-order valence-electron chi connectivity index (χ4n) is 3.54. The molecule has 1 aromatic carbocycles. The zero-order valence-electron chi connectivity index (χ0n) is 15.7. The number of sulfonamides is 1. The van der Waals surface area contributed by atoms with Crippen molar-refractivity contribution in [3.8, 4) is 0 Å². The molecule has 1 amide bonds. The first-order valence-corrected chi connectivity index (χ1v) is 11.0. The third-order valence-electron chi connectivity index (χ3n) is 4.90. The number of carbonyl (C=O) groups excluding carboxylic acids is 1. The van der Waals surface area contributed by atoms with Crippen LogP contribution in [0.3, 0.4) is 0 Å². The number of rotatable bonds is 7. The summed E-state index contributed by atoms with van der Waals surface area (Å²) >= 11 is 0. The summed E-state index contributed by atoms with van der Waals surface area (Å²) in [5, 5.41) is 6.05. The van der Waals surface area contributed by atoms with E-state index in [2.05, 4.69) is 21.1 Å². The zero-order valence-corrected chi connectivity index (χ0v) is 16.5.